The quantitative estimate of drug-likeness (QED) is 0.370. The number of rotatable bonds is 8. The van der Waals surface area contributed by atoms with Gasteiger partial charge in [0.05, 0.1) is 5.69 Å². The van der Waals surface area contributed by atoms with Gasteiger partial charge in [0.2, 0.25) is 0 Å². The molecule has 4 aromatic rings. The Bertz CT molecular complexity index is 1170. The second kappa shape index (κ2) is 9.69. The lowest BCUT2D eigenvalue weighted by Gasteiger charge is -2.08. The van der Waals surface area contributed by atoms with E-state index in [1.807, 2.05) is 61.5 Å². The number of hydrogen-bond donors (Lipinski definition) is 3. The predicted molar refractivity (Wildman–Crippen MR) is 124 cm³/mol. The Kier molecular flexibility index (Phi) is 6.35. The van der Waals surface area contributed by atoms with Gasteiger partial charge in [-0.2, -0.15) is 5.10 Å². The van der Waals surface area contributed by atoms with Crippen LogP contribution in [0.4, 0.5) is 17.5 Å². The average Bonchev–Trinajstić information content (AvgIpc) is 3.21. The van der Waals surface area contributed by atoms with Crippen molar-refractivity contribution in [3.05, 3.63) is 78.1 Å². The third kappa shape index (κ3) is 5.25. The van der Waals surface area contributed by atoms with E-state index in [0.29, 0.717) is 36.2 Å². The third-order valence-corrected chi connectivity index (χ3v) is 4.73. The van der Waals surface area contributed by atoms with E-state index in [9.17, 15) is 4.79 Å². The number of carbonyl (C=O) groups excluding carboxylic acids is 1. The zero-order valence-corrected chi connectivity index (χ0v) is 17.9. The number of amides is 1. The van der Waals surface area contributed by atoms with Crippen LogP contribution in [0.1, 0.15) is 16.1 Å². The molecule has 0 unspecified atom stereocenters. The summed E-state index contributed by atoms with van der Waals surface area (Å²) in [6.07, 6.45) is 1.79. The van der Waals surface area contributed by atoms with Crippen molar-refractivity contribution < 1.29 is 4.79 Å². The van der Waals surface area contributed by atoms with Crippen molar-refractivity contribution in [2.45, 2.75) is 6.92 Å². The maximum Gasteiger partial charge on any atom is 0.269 e. The summed E-state index contributed by atoms with van der Waals surface area (Å²) in [7, 11) is 1.76. The minimum absolute atomic E-state index is 0.180. The molecule has 0 fully saturated rings. The Morgan fingerprint density at radius 3 is 2.41 bits per heavy atom. The number of aryl methyl sites for hydroxylation is 2. The molecule has 0 aliphatic rings. The van der Waals surface area contributed by atoms with Crippen LogP contribution in [0.5, 0.6) is 0 Å². The van der Waals surface area contributed by atoms with Gasteiger partial charge in [-0.1, -0.05) is 36.4 Å². The van der Waals surface area contributed by atoms with Gasteiger partial charge in [0.15, 0.2) is 5.82 Å². The van der Waals surface area contributed by atoms with E-state index in [1.165, 1.54) is 0 Å². The lowest BCUT2D eigenvalue weighted by atomic mass is 10.1. The zero-order chi connectivity index (χ0) is 22.3. The first-order valence-corrected chi connectivity index (χ1v) is 10.2. The molecule has 0 radical (unpaired) electrons. The van der Waals surface area contributed by atoms with E-state index in [2.05, 4.69) is 36.2 Å². The summed E-state index contributed by atoms with van der Waals surface area (Å²) >= 11 is 0. The molecule has 0 spiro atoms. The lowest BCUT2D eigenvalue weighted by molar-refractivity contribution is 0.0946. The molecular weight excluding hydrogens is 404 g/mol. The maximum absolute atomic E-state index is 12.5. The fourth-order valence-electron chi connectivity index (χ4n) is 3.05. The fourth-order valence-corrected chi connectivity index (χ4v) is 3.05. The Morgan fingerprint density at radius 1 is 0.938 bits per heavy atom. The number of hydrogen-bond acceptors (Lipinski definition) is 7. The summed E-state index contributed by atoms with van der Waals surface area (Å²) in [4.78, 5) is 16.8. The van der Waals surface area contributed by atoms with Crippen LogP contribution in [0.2, 0.25) is 0 Å². The van der Waals surface area contributed by atoms with Crippen LogP contribution in [0.25, 0.3) is 11.3 Å². The topological polar surface area (TPSA) is 110 Å². The standard InChI is InChI=1S/C23H24N8O/c1-16-8-9-20(26-15-16)27-22-11-10-21(28-29-22)24-12-13-25-23(32)19-14-18(30-31(19)2)17-6-4-3-5-7-17/h3-11,14-15H,12-13H2,1-2H3,(H,24,28)(H,25,32)(H,26,27,29). The van der Waals surface area contributed by atoms with Crippen LogP contribution in [-0.4, -0.2) is 44.0 Å². The molecule has 9 heteroatoms. The molecular formula is C23H24N8O. The summed E-state index contributed by atoms with van der Waals surface area (Å²) in [6, 6.07) is 19.0. The highest BCUT2D eigenvalue weighted by atomic mass is 16.2. The maximum atomic E-state index is 12.5. The highest BCUT2D eigenvalue weighted by Gasteiger charge is 2.13. The smallest absolute Gasteiger partial charge is 0.269 e. The fraction of sp³-hybridized carbons (Fsp3) is 0.174. The van der Waals surface area contributed by atoms with Crippen LogP contribution in [0.15, 0.2) is 66.9 Å². The van der Waals surface area contributed by atoms with Crippen molar-refractivity contribution in [1.82, 2.24) is 30.3 Å². The van der Waals surface area contributed by atoms with Gasteiger partial charge in [-0.3, -0.25) is 9.48 Å². The molecule has 32 heavy (non-hydrogen) atoms. The molecule has 0 aliphatic carbocycles. The van der Waals surface area contributed by atoms with Crippen molar-refractivity contribution >= 4 is 23.4 Å². The van der Waals surface area contributed by atoms with Gasteiger partial charge in [0.25, 0.3) is 5.91 Å². The predicted octanol–water partition coefficient (Wildman–Crippen LogP) is 3.17. The van der Waals surface area contributed by atoms with Crippen molar-refractivity contribution in [3.63, 3.8) is 0 Å². The van der Waals surface area contributed by atoms with Crippen LogP contribution in [0.3, 0.4) is 0 Å². The van der Waals surface area contributed by atoms with Crippen molar-refractivity contribution in [2.75, 3.05) is 23.7 Å². The van der Waals surface area contributed by atoms with Crippen molar-refractivity contribution in [3.8, 4) is 11.3 Å². The summed E-state index contributed by atoms with van der Waals surface area (Å²) in [6.45, 7) is 2.92. The van der Waals surface area contributed by atoms with Crippen LogP contribution < -0.4 is 16.0 Å². The van der Waals surface area contributed by atoms with Crippen LogP contribution in [0, 0.1) is 6.92 Å². The van der Waals surface area contributed by atoms with E-state index >= 15 is 0 Å². The van der Waals surface area contributed by atoms with E-state index < -0.39 is 0 Å². The molecule has 0 bridgehead atoms. The molecule has 3 aromatic heterocycles. The monoisotopic (exact) mass is 428 g/mol. The second-order valence-corrected chi connectivity index (χ2v) is 7.24. The summed E-state index contributed by atoms with van der Waals surface area (Å²) in [5, 5.41) is 21.8. The largest absolute Gasteiger partial charge is 0.367 e. The average molecular weight is 429 g/mol. The number of benzene rings is 1. The van der Waals surface area contributed by atoms with Gasteiger partial charge >= 0.3 is 0 Å². The number of carbonyl (C=O) groups is 1. The lowest BCUT2D eigenvalue weighted by Crippen LogP contribution is -2.30. The summed E-state index contributed by atoms with van der Waals surface area (Å²) in [5.41, 5.74) is 3.33. The summed E-state index contributed by atoms with van der Waals surface area (Å²) in [5.74, 6) is 1.75. The molecule has 0 atom stereocenters. The third-order valence-electron chi connectivity index (χ3n) is 4.73. The number of nitrogens with zero attached hydrogens (tertiary/aromatic N) is 5. The summed E-state index contributed by atoms with van der Waals surface area (Å²) < 4.78 is 1.59. The zero-order valence-electron chi connectivity index (χ0n) is 17.9. The molecule has 162 valence electrons. The number of anilines is 3. The van der Waals surface area contributed by atoms with Gasteiger partial charge in [0, 0.05) is 31.9 Å². The Morgan fingerprint density at radius 2 is 1.69 bits per heavy atom. The molecule has 4 rings (SSSR count). The van der Waals surface area contributed by atoms with Gasteiger partial charge in [-0.15, -0.1) is 10.2 Å². The number of aromatic nitrogens is 5. The molecule has 0 aliphatic heterocycles. The Balaban J connectivity index is 1.25. The van der Waals surface area contributed by atoms with E-state index in [4.69, 9.17) is 0 Å². The van der Waals surface area contributed by atoms with Gasteiger partial charge in [-0.25, -0.2) is 4.98 Å². The first-order chi connectivity index (χ1) is 15.6. The van der Waals surface area contributed by atoms with Crippen LogP contribution >= 0.6 is 0 Å². The van der Waals surface area contributed by atoms with Gasteiger partial charge < -0.3 is 16.0 Å². The molecule has 3 heterocycles. The molecule has 1 aromatic carbocycles. The van der Waals surface area contributed by atoms with Crippen molar-refractivity contribution in [1.29, 1.82) is 0 Å². The highest BCUT2D eigenvalue weighted by Crippen LogP contribution is 2.18. The highest BCUT2D eigenvalue weighted by molar-refractivity contribution is 5.93. The first kappa shape index (κ1) is 21.0. The van der Waals surface area contributed by atoms with Gasteiger partial charge in [-0.05, 0) is 36.8 Å². The normalized spacial score (nSPS) is 10.6. The minimum Gasteiger partial charge on any atom is -0.367 e. The Labute approximate surface area is 185 Å². The molecule has 9 nitrogen and oxygen atoms in total. The van der Waals surface area contributed by atoms with E-state index in [-0.39, 0.29) is 5.91 Å². The molecule has 0 saturated carbocycles. The van der Waals surface area contributed by atoms with Crippen LogP contribution in [-0.2, 0) is 7.05 Å². The SMILES string of the molecule is Cc1ccc(Nc2ccc(NCCNC(=O)c3cc(-c4ccccc4)nn3C)nn2)nc1. The van der Waals surface area contributed by atoms with Gasteiger partial charge in [0.1, 0.15) is 17.3 Å². The minimum atomic E-state index is -0.180. The van der Waals surface area contributed by atoms with E-state index in [0.717, 1.165) is 16.8 Å². The second-order valence-electron chi connectivity index (χ2n) is 7.24. The molecule has 3 N–H and O–H groups in total. The Hall–Kier alpha value is -4.27. The van der Waals surface area contributed by atoms with E-state index in [1.54, 1.807) is 24.0 Å². The number of nitrogens with one attached hydrogen (secondary N) is 3. The molecule has 0 saturated heterocycles. The molecule has 1 amide bonds. The number of pyridine rings is 1. The first-order valence-electron chi connectivity index (χ1n) is 10.2. The van der Waals surface area contributed by atoms with Crippen molar-refractivity contribution in [2.24, 2.45) is 7.05 Å².